The highest BCUT2D eigenvalue weighted by Gasteiger charge is 1.96. The van der Waals surface area contributed by atoms with Crippen LogP contribution in [-0.2, 0) is 9.59 Å². The molecule has 0 bridgehead atoms. The minimum atomic E-state index is -0.517. The van der Waals surface area contributed by atoms with Crippen LogP contribution in [0.4, 0.5) is 0 Å². The Kier molecular flexibility index (Phi) is 10.2. The van der Waals surface area contributed by atoms with Crippen LogP contribution < -0.4 is 11.1 Å². The lowest BCUT2D eigenvalue weighted by molar-refractivity contribution is -0.124. The van der Waals surface area contributed by atoms with E-state index in [-0.39, 0.29) is 12.5 Å². The largest absolute Gasteiger partial charge is 0.368 e. The van der Waals surface area contributed by atoms with Crippen molar-refractivity contribution in [3.8, 4) is 0 Å². The van der Waals surface area contributed by atoms with Gasteiger partial charge >= 0.3 is 0 Å². The van der Waals surface area contributed by atoms with E-state index in [9.17, 15) is 9.59 Å². The van der Waals surface area contributed by atoms with Crippen molar-refractivity contribution in [3.05, 3.63) is 0 Å². The molecule has 2 amide bonds. The molecule has 0 aromatic carbocycles. The molecule has 0 heterocycles. The molecule has 0 spiro atoms. The zero-order chi connectivity index (χ0) is 9.28. The number of hydrogen-bond acceptors (Lipinski definition) is 2. The van der Waals surface area contributed by atoms with Crippen LogP contribution in [0.2, 0.25) is 0 Å². The van der Waals surface area contributed by atoms with Crippen LogP contribution in [0.15, 0.2) is 0 Å². The van der Waals surface area contributed by atoms with Gasteiger partial charge in [-0.2, -0.15) is 0 Å². The number of nitrogens with one attached hydrogen (secondary N) is 1. The van der Waals surface area contributed by atoms with E-state index in [2.05, 4.69) is 5.32 Å². The van der Waals surface area contributed by atoms with E-state index in [1.165, 1.54) is 0 Å². The fraction of sp³-hybridized carbons (Fsp3) is 0.714. The van der Waals surface area contributed by atoms with Crippen LogP contribution in [0.25, 0.3) is 0 Å². The van der Waals surface area contributed by atoms with Gasteiger partial charge in [0.2, 0.25) is 11.8 Å². The molecule has 0 saturated heterocycles. The molecule has 0 aliphatic heterocycles. The van der Waals surface area contributed by atoms with Gasteiger partial charge in [-0.3, -0.25) is 9.59 Å². The summed E-state index contributed by atoms with van der Waals surface area (Å²) in [6.07, 6.45) is 0.382. The normalized spacial score (nSPS) is 7.55. The van der Waals surface area contributed by atoms with Crippen molar-refractivity contribution in [2.75, 3.05) is 6.54 Å². The van der Waals surface area contributed by atoms with Gasteiger partial charge in [-0.05, 0) is 0 Å². The number of primary amides is 1. The SMILES string of the molecule is CC.CCC(=O)NCC(N)=O. The second-order valence-corrected chi connectivity index (χ2v) is 1.60. The predicted octanol–water partition coefficient (Wildman–Crippen LogP) is 0.0241. The summed E-state index contributed by atoms with van der Waals surface area (Å²) < 4.78 is 0. The molecule has 0 rings (SSSR count). The fourth-order valence-corrected chi connectivity index (χ4v) is 0.311. The molecule has 0 aromatic heterocycles. The van der Waals surface area contributed by atoms with Gasteiger partial charge in [-0.15, -0.1) is 0 Å². The summed E-state index contributed by atoms with van der Waals surface area (Å²) in [6.45, 7) is 5.64. The molecule has 66 valence electrons. The Morgan fingerprint density at radius 1 is 1.36 bits per heavy atom. The van der Waals surface area contributed by atoms with E-state index in [0.29, 0.717) is 6.42 Å². The lowest BCUT2D eigenvalue weighted by Gasteiger charge is -1.96. The zero-order valence-corrected chi connectivity index (χ0v) is 7.31. The summed E-state index contributed by atoms with van der Waals surface area (Å²) >= 11 is 0. The van der Waals surface area contributed by atoms with Crippen molar-refractivity contribution in [2.45, 2.75) is 27.2 Å². The van der Waals surface area contributed by atoms with E-state index < -0.39 is 5.91 Å². The first-order valence-corrected chi connectivity index (χ1v) is 3.71. The molecular weight excluding hydrogens is 144 g/mol. The monoisotopic (exact) mass is 160 g/mol. The smallest absolute Gasteiger partial charge is 0.236 e. The minimum Gasteiger partial charge on any atom is -0.368 e. The van der Waals surface area contributed by atoms with Crippen molar-refractivity contribution in [1.82, 2.24) is 5.32 Å². The highest BCUT2D eigenvalue weighted by atomic mass is 16.2. The van der Waals surface area contributed by atoms with Gasteiger partial charge in [0, 0.05) is 6.42 Å². The summed E-state index contributed by atoms with van der Waals surface area (Å²) in [6, 6.07) is 0. The minimum absolute atomic E-state index is 0.0628. The first-order valence-electron chi connectivity index (χ1n) is 3.71. The van der Waals surface area contributed by atoms with Crippen LogP contribution in [0.5, 0.6) is 0 Å². The molecule has 0 unspecified atom stereocenters. The number of carbonyl (C=O) groups excluding carboxylic acids is 2. The van der Waals surface area contributed by atoms with Gasteiger partial charge in [-0.1, -0.05) is 20.8 Å². The van der Waals surface area contributed by atoms with Crippen LogP contribution in [0.1, 0.15) is 27.2 Å². The Morgan fingerprint density at radius 2 is 1.82 bits per heavy atom. The standard InChI is InChI=1S/C5H10N2O2.C2H6/c1-2-5(9)7-3-4(6)8;1-2/h2-3H2,1H3,(H2,6,8)(H,7,9);1-2H3. The molecule has 4 nitrogen and oxygen atoms in total. The average molecular weight is 160 g/mol. The van der Waals surface area contributed by atoms with Crippen LogP contribution >= 0.6 is 0 Å². The molecule has 0 aliphatic rings. The maximum absolute atomic E-state index is 10.4. The van der Waals surface area contributed by atoms with Crippen molar-refractivity contribution >= 4 is 11.8 Å². The third kappa shape index (κ3) is 12.2. The van der Waals surface area contributed by atoms with Crippen molar-refractivity contribution in [3.63, 3.8) is 0 Å². The number of amides is 2. The Hall–Kier alpha value is -1.06. The third-order valence-corrected chi connectivity index (χ3v) is 0.781. The highest BCUT2D eigenvalue weighted by Crippen LogP contribution is 1.71. The van der Waals surface area contributed by atoms with Gasteiger partial charge in [-0.25, -0.2) is 0 Å². The Bertz CT molecular complexity index is 124. The highest BCUT2D eigenvalue weighted by molar-refractivity contribution is 5.83. The van der Waals surface area contributed by atoms with Gasteiger partial charge in [0.25, 0.3) is 0 Å². The summed E-state index contributed by atoms with van der Waals surface area (Å²) in [5.74, 6) is -0.675. The molecular formula is C7H16N2O2. The fourth-order valence-electron chi connectivity index (χ4n) is 0.311. The molecule has 0 radical (unpaired) electrons. The maximum Gasteiger partial charge on any atom is 0.236 e. The maximum atomic E-state index is 10.4. The van der Waals surface area contributed by atoms with Gasteiger partial charge in [0.05, 0.1) is 6.54 Å². The summed E-state index contributed by atoms with van der Waals surface area (Å²) in [4.78, 5) is 20.4. The Labute approximate surface area is 67.1 Å². The summed E-state index contributed by atoms with van der Waals surface area (Å²) in [5, 5.41) is 2.32. The zero-order valence-electron chi connectivity index (χ0n) is 7.31. The number of carbonyl (C=O) groups is 2. The van der Waals surface area contributed by atoms with E-state index >= 15 is 0 Å². The molecule has 0 aromatic rings. The molecule has 0 saturated carbocycles. The van der Waals surface area contributed by atoms with E-state index in [1.807, 2.05) is 13.8 Å². The van der Waals surface area contributed by atoms with E-state index in [4.69, 9.17) is 5.73 Å². The number of hydrogen-bond donors (Lipinski definition) is 2. The predicted molar refractivity (Wildman–Crippen MR) is 43.8 cm³/mol. The van der Waals surface area contributed by atoms with Crippen LogP contribution in [0.3, 0.4) is 0 Å². The Morgan fingerprint density at radius 3 is 2.09 bits per heavy atom. The lowest BCUT2D eigenvalue weighted by Crippen LogP contribution is -2.32. The molecule has 11 heavy (non-hydrogen) atoms. The second-order valence-electron chi connectivity index (χ2n) is 1.60. The van der Waals surface area contributed by atoms with Gasteiger partial charge < -0.3 is 11.1 Å². The van der Waals surface area contributed by atoms with Gasteiger partial charge in [0.1, 0.15) is 0 Å². The van der Waals surface area contributed by atoms with Crippen molar-refractivity contribution in [1.29, 1.82) is 0 Å². The molecule has 3 N–H and O–H groups in total. The van der Waals surface area contributed by atoms with Gasteiger partial charge in [0.15, 0.2) is 0 Å². The number of rotatable bonds is 3. The molecule has 4 heteroatoms. The van der Waals surface area contributed by atoms with E-state index in [1.54, 1.807) is 6.92 Å². The molecule has 0 fully saturated rings. The first-order chi connectivity index (χ1) is 5.16. The first kappa shape index (κ1) is 12.6. The second kappa shape index (κ2) is 8.94. The number of nitrogens with two attached hydrogens (primary N) is 1. The lowest BCUT2D eigenvalue weighted by atomic mass is 10.4. The third-order valence-electron chi connectivity index (χ3n) is 0.781. The topological polar surface area (TPSA) is 72.2 Å². The van der Waals surface area contributed by atoms with Crippen molar-refractivity contribution in [2.24, 2.45) is 5.73 Å². The van der Waals surface area contributed by atoms with E-state index in [0.717, 1.165) is 0 Å². The molecule has 0 aliphatic carbocycles. The van der Waals surface area contributed by atoms with Crippen molar-refractivity contribution < 1.29 is 9.59 Å². The molecule has 0 atom stereocenters. The Balaban J connectivity index is 0. The average Bonchev–Trinajstić information content (AvgIpc) is 2.04. The summed E-state index contributed by atoms with van der Waals surface area (Å²) in [7, 11) is 0. The summed E-state index contributed by atoms with van der Waals surface area (Å²) in [5.41, 5.74) is 4.74. The quantitative estimate of drug-likeness (QED) is 0.611. The van der Waals surface area contributed by atoms with Crippen LogP contribution in [0, 0.1) is 0 Å². The van der Waals surface area contributed by atoms with Crippen LogP contribution in [-0.4, -0.2) is 18.4 Å².